The highest BCUT2D eigenvalue weighted by Crippen LogP contribution is 2.18. The van der Waals surface area contributed by atoms with Crippen LogP contribution >= 0.6 is 0 Å². The third-order valence-corrected chi connectivity index (χ3v) is 3.18. The highest BCUT2D eigenvalue weighted by atomic mass is 19.1. The maximum Gasteiger partial charge on any atom is 0.246 e. The van der Waals surface area contributed by atoms with Crippen LogP contribution in [0.25, 0.3) is 0 Å². The minimum atomic E-state index is -0.593. The van der Waals surface area contributed by atoms with Gasteiger partial charge in [-0.2, -0.15) is 0 Å². The monoisotopic (exact) mass is 304 g/mol. The van der Waals surface area contributed by atoms with Gasteiger partial charge in [-0.25, -0.2) is 8.78 Å². The van der Waals surface area contributed by atoms with E-state index in [9.17, 15) is 13.6 Å². The van der Waals surface area contributed by atoms with Gasteiger partial charge in [0, 0.05) is 11.7 Å². The zero-order valence-corrected chi connectivity index (χ0v) is 12.5. The van der Waals surface area contributed by atoms with E-state index in [4.69, 9.17) is 0 Å². The largest absolute Gasteiger partial charge is 0.374 e. The standard InChI is InChI=1S/C17H18F2N2O/c1-12(2)21(14-6-4-3-5-7-14)17(22)11-20-16-10-13(18)8-9-15(16)19/h3-10,12,20H,11H2,1-2H3. The van der Waals surface area contributed by atoms with Gasteiger partial charge in [-0.3, -0.25) is 4.79 Å². The number of nitrogens with one attached hydrogen (secondary N) is 1. The van der Waals surface area contributed by atoms with Crippen LogP contribution in [0.5, 0.6) is 0 Å². The molecule has 2 aromatic rings. The zero-order valence-electron chi connectivity index (χ0n) is 12.5. The number of anilines is 2. The van der Waals surface area contributed by atoms with Gasteiger partial charge in [0.15, 0.2) is 0 Å². The van der Waals surface area contributed by atoms with Crippen LogP contribution in [0, 0.1) is 11.6 Å². The summed E-state index contributed by atoms with van der Waals surface area (Å²) in [5, 5.41) is 2.65. The molecule has 2 rings (SSSR count). The van der Waals surface area contributed by atoms with Crippen LogP contribution in [0.3, 0.4) is 0 Å². The summed E-state index contributed by atoms with van der Waals surface area (Å²) in [6.45, 7) is 3.68. The molecule has 116 valence electrons. The summed E-state index contributed by atoms with van der Waals surface area (Å²) in [4.78, 5) is 14.0. The van der Waals surface area contributed by atoms with E-state index < -0.39 is 11.6 Å². The van der Waals surface area contributed by atoms with Crippen LogP contribution in [0.4, 0.5) is 20.2 Å². The maximum atomic E-state index is 13.5. The molecular weight excluding hydrogens is 286 g/mol. The zero-order chi connectivity index (χ0) is 16.1. The summed E-state index contributed by atoms with van der Waals surface area (Å²) in [5.74, 6) is -1.37. The Morgan fingerprint density at radius 2 is 1.82 bits per heavy atom. The van der Waals surface area contributed by atoms with Crippen LogP contribution in [0.15, 0.2) is 48.5 Å². The molecule has 3 nitrogen and oxygen atoms in total. The first-order valence-corrected chi connectivity index (χ1v) is 7.05. The molecule has 0 atom stereocenters. The van der Waals surface area contributed by atoms with E-state index in [1.54, 1.807) is 4.90 Å². The predicted octanol–water partition coefficient (Wildman–Crippen LogP) is 3.82. The molecule has 0 aliphatic heterocycles. The van der Waals surface area contributed by atoms with E-state index >= 15 is 0 Å². The normalized spacial score (nSPS) is 10.6. The van der Waals surface area contributed by atoms with E-state index in [1.807, 2.05) is 44.2 Å². The van der Waals surface area contributed by atoms with E-state index in [1.165, 1.54) is 0 Å². The maximum absolute atomic E-state index is 13.5. The molecule has 1 amide bonds. The number of halogens is 2. The Labute approximate surface area is 128 Å². The Balaban J connectivity index is 2.11. The molecule has 0 aliphatic carbocycles. The van der Waals surface area contributed by atoms with Crippen molar-refractivity contribution in [1.29, 1.82) is 0 Å². The van der Waals surface area contributed by atoms with Crippen LogP contribution in [-0.2, 0) is 4.79 Å². The minimum absolute atomic E-state index is 0.0230. The Morgan fingerprint density at radius 1 is 1.14 bits per heavy atom. The lowest BCUT2D eigenvalue weighted by molar-refractivity contribution is -0.117. The third kappa shape index (κ3) is 3.81. The number of nitrogens with zero attached hydrogens (tertiary/aromatic N) is 1. The molecule has 0 radical (unpaired) electrons. The van der Waals surface area contributed by atoms with Crippen molar-refractivity contribution >= 4 is 17.3 Å². The fraction of sp³-hybridized carbons (Fsp3) is 0.235. The van der Waals surface area contributed by atoms with Gasteiger partial charge in [-0.15, -0.1) is 0 Å². The van der Waals surface area contributed by atoms with Gasteiger partial charge in [-0.05, 0) is 44.2 Å². The fourth-order valence-corrected chi connectivity index (χ4v) is 2.21. The highest BCUT2D eigenvalue weighted by molar-refractivity contribution is 5.96. The topological polar surface area (TPSA) is 32.3 Å². The smallest absolute Gasteiger partial charge is 0.246 e. The van der Waals surface area contributed by atoms with Crippen molar-refractivity contribution in [1.82, 2.24) is 0 Å². The number of carbonyl (C=O) groups excluding carboxylic acids is 1. The second-order valence-corrected chi connectivity index (χ2v) is 5.17. The lowest BCUT2D eigenvalue weighted by atomic mass is 10.2. The molecule has 0 saturated heterocycles. The van der Waals surface area contributed by atoms with E-state index in [-0.39, 0.29) is 24.2 Å². The summed E-state index contributed by atoms with van der Waals surface area (Å²) in [7, 11) is 0. The molecular formula is C17H18F2N2O. The lowest BCUT2D eigenvalue weighted by Crippen LogP contribution is -2.40. The number of amides is 1. The van der Waals surface area contributed by atoms with Gasteiger partial charge in [0.25, 0.3) is 0 Å². The van der Waals surface area contributed by atoms with E-state index in [0.717, 1.165) is 23.9 Å². The van der Waals surface area contributed by atoms with Crippen molar-refractivity contribution in [3.8, 4) is 0 Å². The predicted molar refractivity (Wildman–Crippen MR) is 83.9 cm³/mol. The van der Waals surface area contributed by atoms with Gasteiger partial charge in [0.05, 0.1) is 12.2 Å². The highest BCUT2D eigenvalue weighted by Gasteiger charge is 2.19. The Morgan fingerprint density at radius 3 is 2.45 bits per heavy atom. The van der Waals surface area contributed by atoms with Gasteiger partial charge in [-0.1, -0.05) is 18.2 Å². The van der Waals surface area contributed by atoms with Crippen LogP contribution in [0.2, 0.25) is 0 Å². The van der Waals surface area contributed by atoms with Gasteiger partial charge in [0.2, 0.25) is 5.91 Å². The number of hydrogen-bond donors (Lipinski definition) is 1. The number of para-hydroxylation sites is 1. The number of rotatable bonds is 5. The number of hydrogen-bond acceptors (Lipinski definition) is 2. The van der Waals surface area contributed by atoms with Crippen molar-refractivity contribution in [3.63, 3.8) is 0 Å². The first-order valence-electron chi connectivity index (χ1n) is 7.05. The average molecular weight is 304 g/mol. The van der Waals surface area contributed by atoms with Crippen LogP contribution < -0.4 is 10.2 Å². The number of benzene rings is 2. The molecule has 0 aliphatic rings. The van der Waals surface area contributed by atoms with Gasteiger partial charge < -0.3 is 10.2 Å². The molecule has 0 saturated carbocycles. The second-order valence-electron chi connectivity index (χ2n) is 5.17. The van der Waals surface area contributed by atoms with Crippen molar-refractivity contribution in [2.45, 2.75) is 19.9 Å². The number of carbonyl (C=O) groups is 1. The molecule has 22 heavy (non-hydrogen) atoms. The molecule has 0 heterocycles. The van der Waals surface area contributed by atoms with Crippen LogP contribution in [-0.4, -0.2) is 18.5 Å². The van der Waals surface area contributed by atoms with Crippen molar-refractivity contribution in [2.75, 3.05) is 16.8 Å². The summed E-state index contributed by atoms with van der Waals surface area (Å²) < 4.78 is 26.7. The summed E-state index contributed by atoms with van der Waals surface area (Å²) in [6.07, 6.45) is 0. The quantitative estimate of drug-likeness (QED) is 0.911. The SMILES string of the molecule is CC(C)N(C(=O)CNc1cc(F)ccc1F)c1ccccc1. The average Bonchev–Trinajstić information content (AvgIpc) is 2.49. The Bertz CT molecular complexity index is 644. The molecule has 5 heteroatoms. The molecule has 0 aromatic heterocycles. The molecule has 1 N–H and O–H groups in total. The van der Waals surface area contributed by atoms with Crippen LogP contribution in [0.1, 0.15) is 13.8 Å². The van der Waals surface area contributed by atoms with Crippen molar-refractivity contribution in [2.24, 2.45) is 0 Å². The Hall–Kier alpha value is -2.43. The van der Waals surface area contributed by atoms with Gasteiger partial charge in [0.1, 0.15) is 11.6 Å². The molecule has 0 spiro atoms. The third-order valence-electron chi connectivity index (χ3n) is 3.18. The summed E-state index contributed by atoms with van der Waals surface area (Å²) in [6, 6.07) is 12.3. The molecule has 0 bridgehead atoms. The van der Waals surface area contributed by atoms with Crippen molar-refractivity contribution in [3.05, 3.63) is 60.2 Å². The molecule has 2 aromatic carbocycles. The van der Waals surface area contributed by atoms with E-state index in [0.29, 0.717) is 0 Å². The van der Waals surface area contributed by atoms with E-state index in [2.05, 4.69) is 5.32 Å². The molecule has 0 unspecified atom stereocenters. The summed E-state index contributed by atoms with van der Waals surface area (Å²) in [5.41, 5.74) is 0.745. The molecule has 0 fully saturated rings. The fourth-order valence-electron chi connectivity index (χ4n) is 2.21. The first kappa shape index (κ1) is 15.9. The van der Waals surface area contributed by atoms with Gasteiger partial charge >= 0.3 is 0 Å². The van der Waals surface area contributed by atoms with Crippen molar-refractivity contribution < 1.29 is 13.6 Å². The summed E-state index contributed by atoms with van der Waals surface area (Å²) >= 11 is 0. The second kappa shape index (κ2) is 7.02. The lowest BCUT2D eigenvalue weighted by Gasteiger charge is -2.27. The first-order chi connectivity index (χ1) is 10.5. The minimum Gasteiger partial charge on any atom is -0.374 e. The Kier molecular flexibility index (Phi) is 5.09.